The predicted molar refractivity (Wildman–Crippen MR) is 90.0 cm³/mol. The average molecular weight is 340 g/mol. The van der Waals surface area contributed by atoms with Crippen molar-refractivity contribution in [2.45, 2.75) is 56.3 Å². The lowest BCUT2D eigenvalue weighted by Crippen LogP contribution is -2.65. The second-order valence-corrected chi connectivity index (χ2v) is 8.05. The third kappa shape index (κ3) is 4.68. The molecule has 1 rings (SSSR count). The molecular formula is C16H24N2O4S. The predicted octanol–water partition coefficient (Wildman–Crippen LogP) is 2.22. The lowest BCUT2D eigenvalue weighted by Gasteiger charge is -2.39. The molecule has 0 bridgehead atoms. The van der Waals surface area contributed by atoms with Gasteiger partial charge in [0, 0.05) is 23.7 Å². The van der Waals surface area contributed by atoms with Crippen LogP contribution in [0.2, 0.25) is 0 Å². The molecule has 0 saturated heterocycles. The van der Waals surface area contributed by atoms with Crippen molar-refractivity contribution in [1.82, 2.24) is 4.98 Å². The van der Waals surface area contributed by atoms with Gasteiger partial charge in [-0.3, -0.25) is 4.98 Å². The molecule has 0 saturated carbocycles. The molecule has 0 aliphatic rings. The summed E-state index contributed by atoms with van der Waals surface area (Å²) >= 11 is 0.947. The van der Waals surface area contributed by atoms with E-state index >= 15 is 0 Å². The van der Waals surface area contributed by atoms with Crippen LogP contribution in [0.4, 0.5) is 0 Å². The smallest absolute Gasteiger partial charge is 0.336 e. The summed E-state index contributed by atoms with van der Waals surface area (Å²) in [7, 11) is 0. The largest absolute Gasteiger partial charge is 0.480 e. The molecule has 1 aromatic heterocycles. The van der Waals surface area contributed by atoms with E-state index in [0.717, 1.165) is 17.3 Å². The van der Waals surface area contributed by atoms with E-state index in [1.807, 2.05) is 6.07 Å². The number of pyridine rings is 1. The van der Waals surface area contributed by atoms with Crippen LogP contribution in [0, 0.1) is 0 Å². The Morgan fingerprint density at radius 1 is 1.30 bits per heavy atom. The standard InChI is InChI=1S/C16H24N2O4S/c1-14(2,3)22-13(21)16(12(19)20,15(4,5)17)23-10-11-7-6-8-18-9-11/h6-9H,10,17H2,1-5H3,(H,19,20)/t16-/m1/s1. The molecule has 0 aromatic carbocycles. The van der Waals surface area contributed by atoms with Gasteiger partial charge in [-0.15, -0.1) is 11.8 Å². The molecule has 128 valence electrons. The number of nitrogens with zero attached hydrogens (tertiary/aromatic N) is 1. The molecule has 0 aliphatic carbocycles. The number of carbonyl (C=O) groups is 2. The normalized spacial score (nSPS) is 14.9. The van der Waals surface area contributed by atoms with E-state index in [9.17, 15) is 14.7 Å². The van der Waals surface area contributed by atoms with Crippen LogP contribution in [0.25, 0.3) is 0 Å². The van der Waals surface area contributed by atoms with E-state index in [4.69, 9.17) is 10.5 Å². The Balaban J connectivity index is 3.19. The highest BCUT2D eigenvalue weighted by atomic mass is 32.2. The molecule has 7 heteroatoms. The van der Waals surface area contributed by atoms with Crippen molar-refractivity contribution in [3.8, 4) is 0 Å². The highest BCUT2D eigenvalue weighted by Gasteiger charge is 2.58. The first-order valence-corrected chi connectivity index (χ1v) is 8.17. The molecule has 3 N–H and O–H groups in total. The average Bonchev–Trinajstić information content (AvgIpc) is 2.36. The highest BCUT2D eigenvalue weighted by molar-refractivity contribution is 8.01. The number of aliphatic carboxylic acids is 1. The first kappa shape index (κ1) is 19.4. The Hall–Kier alpha value is -1.60. The summed E-state index contributed by atoms with van der Waals surface area (Å²) in [4.78, 5) is 28.7. The number of carboxylic acids is 1. The minimum absolute atomic E-state index is 0.278. The molecule has 6 nitrogen and oxygen atoms in total. The zero-order valence-corrected chi connectivity index (χ0v) is 14.9. The van der Waals surface area contributed by atoms with E-state index in [-0.39, 0.29) is 5.75 Å². The van der Waals surface area contributed by atoms with E-state index in [0.29, 0.717) is 0 Å². The van der Waals surface area contributed by atoms with Crippen LogP contribution in [-0.2, 0) is 20.1 Å². The quantitative estimate of drug-likeness (QED) is 0.604. The lowest BCUT2D eigenvalue weighted by atomic mass is 9.87. The molecule has 23 heavy (non-hydrogen) atoms. The summed E-state index contributed by atoms with van der Waals surface area (Å²) in [5.41, 5.74) is 4.75. The van der Waals surface area contributed by atoms with Gasteiger partial charge in [0.1, 0.15) is 5.60 Å². The number of hydrogen-bond donors (Lipinski definition) is 2. The van der Waals surface area contributed by atoms with E-state index < -0.39 is 27.8 Å². The van der Waals surface area contributed by atoms with Gasteiger partial charge in [0.2, 0.25) is 4.75 Å². The Morgan fingerprint density at radius 2 is 1.91 bits per heavy atom. The zero-order chi connectivity index (χ0) is 17.9. The Labute approximate surface area is 140 Å². The number of esters is 1. The molecule has 1 atom stereocenters. The number of aromatic nitrogens is 1. The minimum Gasteiger partial charge on any atom is -0.480 e. The minimum atomic E-state index is -1.92. The second kappa shape index (κ2) is 6.88. The van der Waals surface area contributed by atoms with Gasteiger partial charge < -0.3 is 15.6 Å². The summed E-state index contributed by atoms with van der Waals surface area (Å²) in [5, 5.41) is 9.79. The van der Waals surface area contributed by atoms with Gasteiger partial charge in [-0.05, 0) is 46.2 Å². The molecule has 0 fully saturated rings. The number of thioether (sulfide) groups is 1. The first-order chi connectivity index (χ1) is 10.4. The topological polar surface area (TPSA) is 103 Å². The van der Waals surface area contributed by atoms with Gasteiger partial charge in [0.05, 0.1) is 0 Å². The maximum Gasteiger partial charge on any atom is 0.336 e. The fraction of sp³-hybridized carbons (Fsp3) is 0.562. The van der Waals surface area contributed by atoms with Crippen molar-refractivity contribution in [2.24, 2.45) is 5.73 Å². The summed E-state index contributed by atoms with van der Waals surface area (Å²) in [6.07, 6.45) is 3.25. The van der Waals surface area contributed by atoms with Crippen LogP contribution < -0.4 is 5.73 Å². The van der Waals surface area contributed by atoms with Gasteiger partial charge in [0.15, 0.2) is 0 Å². The number of nitrogens with two attached hydrogens (primary N) is 1. The maximum atomic E-state index is 12.7. The number of rotatable bonds is 6. The monoisotopic (exact) mass is 340 g/mol. The molecular weight excluding hydrogens is 316 g/mol. The molecule has 1 heterocycles. The zero-order valence-electron chi connectivity index (χ0n) is 14.1. The van der Waals surface area contributed by atoms with Crippen LogP contribution in [0.1, 0.15) is 40.2 Å². The number of carbonyl (C=O) groups excluding carboxylic acids is 1. The van der Waals surface area contributed by atoms with Crippen molar-refractivity contribution in [3.63, 3.8) is 0 Å². The van der Waals surface area contributed by atoms with Gasteiger partial charge in [-0.1, -0.05) is 6.07 Å². The lowest BCUT2D eigenvalue weighted by molar-refractivity contribution is -0.166. The third-order valence-electron chi connectivity index (χ3n) is 3.07. The fourth-order valence-corrected chi connectivity index (χ4v) is 3.17. The van der Waals surface area contributed by atoms with Crippen LogP contribution in [-0.4, -0.2) is 37.9 Å². The van der Waals surface area contributed by atoms with E-state index in [1.165, 1.54) is 13.8 Å². The first-order valence-electron chi connectivity index (χ1n) is 7.19. The number of ether oxygens (including phenoxy) is 1. The molecule has 0 amide bonds. The second-order valence-electron chi connectivity index (χ2n) is 6.86. The highest BCUT2D eigenvalue weighted by Crippen LogP contribution is 2.39. The molecule has 0 aliphatic heterocycles. The van der Waals surface area contributed by atoms with Crippen LogP contribution in [0.15, 0.2) is 24.5 Å². The third-order valence-corrected chi connectivity index (χ3v) is 4.85. The molecule has 0 spiro atoms. The van der Waals surface area contributed by atoms with Gasteiger partial charge >= 0.3 is 11.9 Å². The molecule has 1 aromatic rings. The van der Waals surface area contributed by atoms with E-state index in [2.05, 4.69) is 4.98 Å². The Kier molecular flexibility index (Phi) is 5.82. The Morgan fingerprint density at radius 3 is 2.30 bits per heavy atom. The number of carboxylic acid groups (broad SMARTS) is 1. The molecule has 0 unspecified atom stereocenters. The summed E-state index contributed by atoms with van der Waals surface area (Å²) in [5.74, 6) is -1.88. The van der Waals surface area contributed by atoms with Crippen molar-refractivity contribution in [3.05, 3.63) is 30.1 Å². The fourth-order valence-electron chi connectivity index (χ4n) is 1.96. The van der Waals surface area contributed by atoms with Crippen LogP contribution in [0.3, 0.4) is 0 Å². The van der Waals surface area contributed by atoms with Crippen molar-refractivity contribution < 1.29 is 19.4 Å². The SMILES string of the molecule is CC(C)(C)OC(=O)[C@](SCc1cccnc1)(C(=O)O)C(C)(C)N. The van der Waals surface area contributed by atoms with Gasteiger partial charge in [-0.25, -0.2) is 9.59 Å². The summed E-state index contributed by atoms with van der Waals surface area (Å²) < 4.78 is 3.42. The van der Waals surface area contributed by atoms with E-state index in [1.54, 1.807) is 39.2 Å². The summed E-state index contributed by atoms with van der Waals surface area (Å²) in [6, 6.07) is 3.56. The van der Waals surface area contributed by atoms with Crippen LogP contribution in [0.5, 0.6) is 0 Å². The number of hydrogen-bond acceptors (Lipinski definition) is 6. The molecule has 0 radical (unpaired) electrons. The summed E-state index contributed by atoms with van der Waals surface area (Å²) in [6.45, 7) is 8.09. The van der Waals surface area contributed by atoms with Crippen molar-refractivity contribution in [1.29, 1.82) is 0 Å². The van der Waals surface area contributed by atoms with Gasteiger partial charge in [-0.2, -0.15) is 0 Å². The maximum absolute atomic E-state index is 12.7. The Bertz CT molecular complexity index is 564. The van der Waals surface area contributed by atoms with Crippen LogP contribution >= 0.6 is 11.8 Å². The van der Waals surface area contributed by atoms with Gasteiger partial charge in [0.25, 0.3) is 0 Å². The van der Waals surface area contributed by atoms with Crippen molar-refractivity contribution in [2.75, 3.05) is 0 Å². The van der Waals surface area contributed by atoms with Crippen molar-refractivity contribution >= 4 is 23.7 Å².